The van der Waals surface area contributed by atoms with Crippen LogP contribution in [0.25, 0.3) is 11.8 Å². The van der Waals surface area contributed by atoms with Gasteiger partial charge in [0.15, 0.2) is 11.6 Å². The number of hydrogen-bond acceptors (Lipinski definition) is 6. The second kappa shape index (κ2) is 8.16. The summed E-state index contributed by atoms with van der Waals surface area (Å²) in [5, 5.41) is 16.8. The fraction of sp³-hybridized carbons (Fsp3) is 0.222. The largest absolute Gasteiger partial charge is 0.504 e. The molecule has 0 aliphatic carbocycles. The van der Waals surface area contributed by atoms with Crippen molar-refractivity contribution in [3.05, 3.63) is 71.3 Å². The Hall–Kier alpha value is -3.06. The van der Waals surface area contributed by atoms with E-state index in [2.05, 4.69) is 37.3 Å². The zero-order valence-corrected chi connectivity index (χ0v) is 13.9. The van der Waals surface area contributed by atoms with Crippen molar-refractivity contribution in [1.29, 1.82) is 0 Å². The third kappa shape index (κ3) is 4.71. The van der Waals surface area contributed by atoms with E-state index in [1.165, 1.54) is 18.0 Å². The van der Waals surface area contributed by atoms with E-state index in [1.807, 2.05) is 24.3 Å². The lowest BCUT2D eigenvalue weighted by molar-refractivity contribution is 0.178. The lowest BCUT2D eigenvalue weighted by atomic mass is 10.1. The molecule has 0 radical (unpaired) electrons. The summed E-state index contributed by atoms with van der Waals surface area (Å²) < 4.78 is 4.96. The first-order valence-corrected chi connectivity index (χ1v) is 7.90. The maximum absolute atomic E-state index is 10.2. The van der Waals surface area contributed by atoms with Crippen LogP contribution in [-0.4, -0.2) is 37.4 Å². The molecule has 7 nitrogen and oxygen atoms in total. The molecule has 0 aliphatic heterocycles. The van der Waals surface area contributed by atoms with Gasteiger partial charge in [-0.1, -0.05) is 30.3 Å². The fourth-order valence-corrected chi connectivity index (χ4v) is 2.36. The average molecular weight is 337 g/mol. The highest BCUT2D eigenvalue weighted by atomic mass is 16.5. The van der Waals surface area contributed by atoms with E-state index in [9.17, 15) is 5.11 Å². The van der Waals surface area contributed by atoms with Crippen LogP contribution in [0.2, 0.25) is 0 Å². The van der Waals surface area contributed by atoms with Crippen LogP contribution < -0.4 is 0 Å². The number of nitrogens with zero attached hydrogens (tertiary/aromatic N) is 4. The van der Waals surface area contributed by atoms with Crippen LogP contribution in [0.3, 0.4) is 0 Å². The SMILES string of the molecule is COCc1nc(/C(O)=C/c2cc(CCc3ccccc3)ncn2)n[nH]1. The van der Waals surface area contributed by atoms with Gasteiger partial charge >= 0.3 is 0 Å². The minimum atomic E-state index is -0.0636. The Morgan fingerprint density at radius 1 is 1.20 bits per heavy atom. The Labute approximate surface area is 145 Å². The summed E-state index contributed by atoms with van der Waals surface area (Å²) in [6.07, 6.45) is 4.71. The van der Waals surface area contributed by atoms with Crippen molar-refractivity contribution in [2.24, 2.45) is 0 Å². The second-order valence-corrected chi connectivity index (χ2v) is 5.49. The van der Waals surface area contributed by atoms with E-state index in [0.717, 1.165) is 18.5 Å². The van der Waals surface area contributed by atoms with Crippen molar-refractivity contribution in [1.82, 2.24) is 25.1 Å². The minimum absolute atomic E-state index is 0.0636. The Bertz CT molecular complexity index is 845. The van der Waals surface area contributed by atoms with E-state index in [-0.39, 0.29) is 11.6 Å². The number of aromatic nitrogens is 5. The molecule has 2 heterocycles. The van der Waals surface area contributed by atoms with Gasteiger partial charge in [-0.3, -0.25) is 5.10 Å². The van der Waals surface area contributed by atoms with Gasteiger partial charge in [0, 0.05) is 18.9 Å². The van der Waals surface area contributed by atoms with Crippen molar-refractivity contribution in [3.63, 3.8) is 0 Å². The van der Waals surface area contributed by atoms with Crippen LogP contribution in [-0.2, 0) is 24.2 Å². The molecule has 2 aromatic heterocycles. The molecule has 3 aromatic rings. The Kier molecular flexibility index (Phi) is 5.48. The zero-order valence-electron chi connectivity index (χ0n) is 13.9. The molecule has 0 atom stereocenters. The number of H-pyrrole nitrogens is 1. The quantitative estimate of drug-likeness (QED) is 0.643. The summed E-state index contributed by atoms with van der Waals surface area (Å²) in [6.45, 7) is 0.303. The molecule has 0 bridgehead atoms. The van der Waals surface area contributed by atoms with Crippen LogP contribution in [0, 0.1) is 0 Å². The average Bonchev–Trinajstić information content (AvgIpc) is 3.10. The first-order valence-electron chi connectivity index (χ1n) is 7.90. The summed E-state index contributed by atoms with van der Waals surface area (Å²) >= 11 is 0. The van der Waals surface area contributed by atoms with Gasteiger partial charge < -0.3 is 9.84 Å². The predicted molar refractivity (Wildman–Crippen MR) is 93.5 cm³/mol. The van der Waals surface area contributed by atoms with Gasteiger partial charge in [-0.15, -0.1) is 5.10 Å². The monoisotopic (exact) mass is 337 g/mol. The molecule has 0 unspecified atom stereocenters. The molecule has 128 valence electrons. The first kappa shape index (κ1) is 16.8. The number of benzene rings is 1. The van der Waals surface area contributed by atoms with Crippen molar-refractivity contribution < 1.29 is 9.84 Å². The maximum Gasteiger partial charge on any atom is 0.216 e. The molecule has 0 saturated heterocycles. The van der Waals surface area contributed by atoms with Crippen LogP contribution in [0.4, 0.5) is 0 Å². The van der Waals surface area contributed by atoms with Crippen LogP contribution in [0.5, 0.6) is 0 Å². The molecule has 25 heavy (non-hydrogen) atoms. The van der Waals surface area contributed by atoms with Gasteiger partial charge in [0.05, 0.1) is 5.69 Å². The third-order valence-electron chi connectivity index (χ3n) is 3.58. The number of aliphatic hydroxyl groups is 1. The standard InChI is InChI=1S/C18H19N5O2/c1-25-11-17-21-18(23-22-17)16(24)10-15-9-14(19-12-20-15)8-7-13-5-3-2-4-6-13/h2-6,9-10,12,24H,7-8,11H2,1H3,(H,21,22,23)/b16-10-. The van der Waals surface area contributed by atoms with Crippen LogP contribution in [0.1, 0.15) is 28.6 Å². The maximum atomic E-state index is 10.2. The highest BCUT2D eigenvalue weighted by molar-refractivity contribution is 5.71. The highest BCUT2D eigenvalue weighted by Gasteiger charge is 2.08. The number of aryl methyl sites for hydroxylation is 2. The number of aliphatic hydroxyl groups excluding tert-OH is 1. The fourth-order valence-electron chi connectivity index (χ4n) is 2.36. The lowest BCUT2D eigenvalue weighted by Gasteiger charge is -2.02. The molecule has 0 saturated carbocycles. The van der Waals surface area contributed by atoms with Crippen molar-refractivity contribution in [2.75, 3.05) is 7.11 Å². The molecule has 0 aliphatic rings. The number of rotatable bonds is 7. The molecule has 3 rings (SSSR count). The lowest BCUT2D eigenvalue weighted by Crippen LogP contribution is -1.97. The minimum Gasteiger partial charge on any atom is -0.504 e. The highest BCUT2D eigenvalue weighted by Crippen LogP contribution is 2.12. The van der Waals surface area contributed by atoms with E-state index in [4.69, 9.17) is 4.74 Å². The van der Waals surface area contributed by atoms with E-state index in [0.29, 0.717) is 18.1 Å². The molecule has 2 N–H and O–H groups in total. The molecule has 7 heteroatoms. The van der Waals surface area contributed by atoms with Crippen LogP contribution in [0.15, 0.2) is 42.7 Å². The number of ether oxygens (including phenoxy) is 1. The predicted octanol–water partition coefficient (Wildman–Crippen LogP) is 2.58. The number of methoxy groups -OCH3 is 1. The topological polar surface area (TPSA) is 96.8 Å². The summed E-state index contributed by atoms with van der Waals surface area (Å²) in [5.74, 6) is 0.687. The third-order valence-corrected chi connectivity index (χ3v) is 3.58. The summed E-state index contributed by atoms with van der Waals surface area (Å²) in [7, 11) is 1.57. The van der Waals surface area contributed by atoms with Gasteiger partial charge in [-0.2, -0.15) is 0 Å². The second-order valence-electron chi connectivity index (χ2n) is 5.49. The van der Waals surface area contributed by atoms with Gasteiger partial charge in [-0.25, -0.2) is 15.0 Å². The number of nitrogens with one attached hydrogen (secondary N) is 1. The Morgan fingerprint density at radius 2 is 2.04 bits per heavy atom. The normalized spacial score (nSPS) is 11.6. The Morgan fingerprint density at radius 3 is 2.84 bits per heavy atom. The Balaban J connectivity index is 1.69. The molecule has 1 aromatic carbocycles. The number of hydrogen-bond donors (Lipinski definition) is 2. The molecular weight excluding hydrogens is 318 g/mol. The van der Waals surface area contributed by atoms with Crippen molar-refractivity contribution in [3.8, 4) is 0 Å². The van der Waals surface area contributed by atoms with E-state index in [1.54, 1.807) is 7.11 Å². The molecule has 0 amide bonds. The van der Waals surface area contributed by atoms with E-state index >= 15 is 0 Å². The molecule has 0 spiro atoms. The van der Waals surface area contributed by atoms with Gasteiger partial charge in [0.25, 0.3) is 0 Å². The molecule has 0 fully saturated rings. The smallest absolute Gasteiger partial charge is 0.216 e. The van der Waals surface area contributed by atoms with Gasteiger partial charge in [-0.05, 0) is 24.5 Å². The van der Waals surface area contributed by atoms with Crippen molar-refractivity contribution in [2.45, 2.75) is 19.4 Å². The summed E-state index contributed by atoms with van der Waals surface area (Å²) in [5.41, 5.74) is 2.77. The van der Waals surface area contributed by atoms with Gasteiger partial charge in [0.1, 0.15) is 12.9 Å². The number of aromatic amines is 1. The summed E-state index contributed by atoms with van der Waals surface area (Å²) in [6, 6.07) is 12.1. The van der Waals surface area contributed by atoms with Crippen molar-refractivity contribution >= 4 is 11.8 Å². The van der Waals surface area contributed by atoms with Gasteiger partial charge in [0.2, 0.25) is 5.82 Å². The van der Waals surface area contributed by atoms with Crippen LogP contribution >= 0.6 is 0 Å². The van der Waals surface area contributed by atoms with E-state index < -0.39 is 0 Å². The summed E-state index contributed by atoms with van der Waals surface area (Å²) in [4.78, 5) is 12.6. The first-order chi connectivity index (χ1) is 12.2. The molecular formula is C18H19N5O2. The zero-order chi connectivity index (χ0) is 17.5.